The number of nitrogens with zero attached hydrogens (tertiary/aromatic N) is 4. The van der Waals surface area contributed by atoms with Crippen LogP contribution in [0.1, 0.15) is 23.3 Å². The monoisotopic (exact) mass is 321 g/mol. The first kappa shape index (κ1) is 16.5. The number of benzene rings is 1. The third-order valence-electron chi connectivity index (χ3n) is 3.89. The predicted molar refractivity (Wildman–Crippen MR) is 86.6 cm³/mol. The molecular weight excluding hydrogens is 302 g/mol. The third kappa shape index (κ3) is 3.45. The van der Waals surface area contributed by atoms with Crippen LogP contribution >= 0.6 is 12.4 Å². The molecule has 1 amide bonds. The number of rotatable bonds is 3. The molecule has 3 rings (SSSR count). The summed E-state index contributed by atoms with van der Waals surface area (Å²) in [4.78, 5) is 15.8. The van der Waals surface area contributed by atoms with Gasteiger partial charge in [-0.25, -0.2) is 0 Å². The highest BCUT2D eigenvalue weighted by Gasteiger charge is 2.24. The molecule has 6 nitrogen and oxygen atoms in total. The fourth-order valence-corrected chi connectivity index (χ4v) is 2.58. The number of carbonyl (C=O) groups is 1. The van der Waals surface area contributed by atoms with E-state index in [0.717, 1.165) is 31.6 Å². The topological polar surface area (TPSA) is 63.1 Å². The van der Waals surface area contributed by atoms with E-state index in [4.69, 9.17) is 0 Å². The maximum atomic E-state index is 12.4. The predicted octanol–water partition coefficient (Wildman–Crippen LogP) is 1.51. The van der Waals surface area contributed by atoms with E-state index in [1.165, 1.54) is 4.80 Å². The van der Waals surface area contributed by atoms with Crippen LogP contribution < -0.4 is 5.32 Å². The van der Waals surface area contributed by atoms with Crippen LogP contribution in [0.4, 0.5) is 0 Å². The highest BCUT2D eigenvalue weighted by atomic mass is 35.5. The summed E-state index contributed by atoms with van der Waals surface area (Å²) in [6.45, 7) is 1.53. The normalized spacial score (nSPS) is 15.4. The summed E-state index contributed by atoms with van der Waals surface area (Å²) in [6, 6.07) is 10.1. The van der Waals surface area contributed by atoms with Crippen molar-refractivity contribution in [3.63, 3.8) is 0 Å². The van der Waals surface area contributed by atoms with Gasteiger partial charge in [-0.3, -0.25) is 4.79 Å². The highest BCUT2D eigenvalue weighted by molar-refractivity contribution is 5.92. The van der Waals surface area contributed by atoms with Crippen LogP contribution in [-0.4, -0.2) is 52.0 Å². The van der Waals surface area contributed by atoms with Crippen molar-refractivity contribution >= 4 is 18.3 Å². The van der Waals surface area contributed by atoms with Crippen LogP contribution in [0.3, 0.4) is 0 Å². The second kappa shape index (κ2) is 7.38. The number of halogens is 1. The van der Waals surface area contributed by atoms with Crippen molar-refractivity contribution in [3.8, 4) is 5.69 Å². The van der Waals surface area contributed by atoms with Gasteiger partial charge in [-0.05, 0) is 32.0 Å². The molecule has 1 aromatic heterocycles. The lowest BCUT2D eigenvalue weighted by molar-refractivity contribution is 0.0701. The second-order valence-corrected chi connectivity index (χ2v) is 5.21. The van der Waals surface area contributed by atoms with Crippen molar-refractivity contribution in [2.24, 2.45) is 0 Å². The van der Waals surface area contributed by atoms with Crippen molar-refractivity contribution in [3.05, 3.63) is 42.2 Å². The summed E-state index contributed by atoms with van der Waals surface area (Å²) >= 11 is 0. The minimum absolute atomic E-state index is 0. The van der Waals surface area contributed by atoms with Crippen molar-refractivity contribution in [2.75, 3.05) is 20.1 Å². The molecule has 0 radical (unpaired) electrons. The van der Waals surface area contributed by atoms with E-state index in [1.54, 1.807) is 6.20 Å². The molecule has 1 aliphatic rings. The fourth-order valence-electron chi connectivity index (χ4n) is 2.58. The second-order valence-electron chi connectivity index (χ2n) is 5.21. The van der Waals surface area contributed by atoms with E-state index >= 15 is 0 Å². The summed E-state index contributed by atoms with van der Waals surface area (Å²) in [7, 11) is 1.97. The number of carbonyl (C=O) groups excluding carboxylic acids is 1. The standard InChI is InChI=1S/C15H19N5O.ClH/c1-16-12-7-9-19(10-8-12)15(21)14-11-17-20(18-14)13-5-3-2-4-6-13;/h2-6,11-12,16H,7-10H2,1H3;1H. The van der Waals surface area contributed by atoms with Crippen LogP contribution in [0, 0.1) is 0 Å². The van der Waals surface area contributed by atoms with E-state index in [-0.39, 0.29) is 18.3 Å². The van der Waals surface area contributed by atoms with Gasteiger partial charge < -0.3 is 10.2 Å². The van der Waals surface area contributed by atoms with Crippen molar-refractivity contribution < 1.29 is 4.79 Å². The molecule has 0 atom stereocenters. The van der Waals surface area contributed by atoms with Gasteiger partial charge in [0.1, 0.15) is 0 Å². The zero-order chi connectivity index (χ0) is 14.7. The van der Waals surface area contributed by atoms with Gasteiger partial charge in [-0.2, -0.15) is 9.90 Å². The summed E-state index contributed by atoms with van der Waals surface area (Å²) in [5.41, 5.74) is 1.26. The Bertz CT molecular complexity index is 607. The Kier molecular flexibility index (Phi) is 5.51. The maximum absolute atomic E-state index is 12.4. The Balaban J connectivity index is 0.00000176. The number of hydrogen-bond acceptors (Lipinski definition) is 4. The Labute approximate surface area is 135 Å². The number of para-hydroxylation sites is 1. The van der Waals surface area contributed by atoms with Crippen LogP contribution in [0.25, 0.3) is 5.69 Å². The molecule has 0 aliphatic carbocycles. The Morgan fingerprint density at radius 1 is 1.23 bits per heavy atom. The van der Waals surface area contributed by atoms with Crippen molar-refractivity contribution in [1.29, 1.82) is 0 Å². The largest absolute Gasteiger partial charge is 0.337 e. The summed E-state index contributed by atoms with van der Waals surface area (Å²) in [6.07, 6.45) is 3.50. The van der Waals surface area contributed by atoms with Crippen molar-refractivity contribution in [1.82, 2.24) is 25.2 Å². The van der Waals surface area contributed by atoms with Gasteiger partial charge in [0.05, 0.1) is 11.9 Å². The highest BCUT2D eigenvalue weighted by Crippen LogP contribution is 2.13. The fraction of sp³-hybridized carbons (Fsp3) is 0.400. The van der Waals surface area contributed by atoms with E-state index in [1.807, 2.05) is 42.3 Å². The molecule has 7 heteroatoms. The van der Waals surface area contributed by atoms with Gasteiger partial charge in [0.15, 0.2) is 5.69 Å². The number of aromatic nitrogens is 3. The zero-order valence-corrected chi connectivity index (χ0v) is 13.3. The van der Waals surface area contributed by atoms with Gasteiger partial charge in [0.2, 0.25) is 0 Å². The SMILES string of the molecule is CNC1CCN(C(=O)c2cnn(-c3ccccc3)n2)CC1.Cl. The number of nitrogens with one attached hydrogen (secondary N) is 1. The number of hydrogen-bond donors (Lipinski definition) is 1. The van der Waals surface area contributed by atoms with Gasteiger partial charge >= 0.3 is 0 Å². The molecule has 2 aromatic rings. The Hall–Kier alpha value is -1.92. The molecule has 0 unspecified atom stereocenters. The molecule has 2 heterocycles. The molecule has 1 aromatic carbocycles. The van der Waals surface area contributed by atoms with Crippen LogP contribution in [0.2, 0.25) is 0 Å². The summed E-state index contributed by atoms with van der Waals surface area (Å²) < 4.78 is 0. The lowest BCUT2D eigenvalue weighted by Crippen LogP contribution is -2.44. The molecule has 1 aliphatic heterocycles. The van der Waals surface area contributed by atoms with E-state index in [0.29, 0.717) is 11.7 Å². The Morgan fingerprint density at radius 2 is 1.91 bits per heavy atom. The van der Waals surface area contributed by atoms with E-state index < -0.39 is 0 Å². The molecule has 1 fully saturated rings. The third-order valence-corrected chi connectivity index (χ3v) is 3.89. The van der Waals surface area contributed by atoms with Gasteiger partial charge in [0, 0.05) is 19.1 Å². The van der Waals surface area contributed by atoms with Crippen LogP contribution in [0.15, 0.2) is 36.5 Å². The minimum atomic E-state index is -0.0354. The van der Waals surface area contributed by atoms with E-state index in [2.05, 4.69) is 15.5 Å². The molecular formula is C15H20ClN5O. The molecule has 0 bridgehead atoms. The minimum Gasteiger partial charge on any atom is -0.337 e. The number of likely N-dealkylation sites (tertiary alicyclic amines) is 1. The van der Waals surface area contributed by atoms with Gasteiger partial charge in [-0.1, -0.05) is 18.2 Å². The average Bonchev–Trinajstić information content (AvgIpc) is 3.05. The number of amides is 1. The molecule has 22 heavy (non-hydrogen) atoms. The summed E-state index contributed by atoms with van der Waals surface area (Å²) in [5, 5.41) is 11.7. The van der Waals surface area contributed by atoms with E-state index in [9.17, 15) is 4.79 Å². The molecule has 1 N–H and O–H groups in total. The quantitative estimate of drug-likeness (QED) is 0.931. The van der Waals surface area contributed by atoms with Crippen LogP contribution in [-0.2, 0) is 0 Å². The first-order valence-corrected chi connectivity index (χ1v) is 7.22. The Morgan fingerprint density at radius 3 is 2.55 bits per heavy atom. The van der Waals surface area contributed by atoms with Gasteiger partial charge in [-0.15, -0.1) is 17.5 Å². The molecule has 0 spiro atoms. The summed E-state index contributed by atoms with van der Waals surface area (Å²) in [5.74, 6) is -0.0354. The average molecular weight is 322 g/mol. The molecule has 0 saturated carbocycles. The first-order chi connectivity index (χ1) is 10.3. The molecule has 1 saturated heterocycles. The van der Waals surface area contributed by atoms with Crippen LogP contribution in [0.5, 0.6) is 0 Å². The zero-order valence-electron chi connectivity index (χ0n) is 12.5. The lowest BCUT2D eigenvalue weighted by atomic mass is 10.1. The van der Waals surface area contributed by atoms with Gasteiger partial charge in [0.25, 0.3) is 5.91 Å². The number of piperidine rings is 1. The lowest BCUT2D eigenvalue weighted by Gasteiger charge is -2.31. The molecule has 118 valence electrons. The smallest absolute Gasteiger partial charge is 0.276 e. The maximum Gasteiger partial charge on any atom is 0.276 e. The first-order valence-electron chi connectivity index (χ1n) is 7.22. The van der Waals surface area contributed by atoms with Crippen molar-refractivity contribution in [2.45, 2.75) is 18.9 Å².